The number of rotatable bonds is 3. The van der Waals surface area contributed by atoms with Crippen molar-refractivity contribution in [2.45, 2.75) is 6.61 Å². The first kappa shape index (κ1) is 12.0. The third-order valence-electron chi connectivity index (χ3n) is 2.63. The first-order valence-electron chi connectivity index (χ1n) is 5.82. The molecule has 19 heavy (non-hydrogen) atoms. The monoisotopic (exact) mass is 269 g/mol. The summed E-state index contributed by atoms with van der Waals surface area (Å²) in [7, 11) is 0. The van der Waals surface area contributed by atoms with E-state index in [1.165, 1.54) is 11.3 Å². The van der Waals surface area contributed by atoms with Crippen molar-refractivity contribution in [1.82, 2.24) is 4.98 Å². The number of aliphatic hydroxyl groups excluding tert-OH is 1. The molecule has 5 heteroatoms. The fourth-order valence-corrected chi connectivity index (χ4v) is 2.51. The van der Waals surface area contributed by atoms with Gasteiger partial charge in [-0.1, -0.05) is 35.6 Å². The molecule has 0 aliphatic heterocycles. The van der Waals surface area contributed by atoms with Gasteiger partial charge in [-0.2, -0.15) is 0 Å². The van der Waals surface area contributed by atoms with Crippen LogP contribution in [0.15, 0.2) is 58.8 Å². The second-order valence-electron chi connectivity index (χ2n) is 3.99. The molecule has 0 fully saturated rings. The standard InChI is InChI=1S/C14H11N3OS/c18-9-10-4-3-5-11(8-10)16-17-14-15-12-6-1-2-7-13(12)19-14/h1-8,18H,9H2. The van der Waals surface area contributed by atoms with E-state index in [0.717, 1.165) is 15.8 Å². The fraction of sp³-hybridized carbons (Fsp3) is 0.0714. The molecular formula is C14H11N3OS. The van der Waals surface area contributed by atoms with E-state index in [-0.39, 0.29) is 6.61 Å². The lowest BCUT2D eigenvalue weighted by molar-refractivity contribution is 0.282. The summed E-state index contributed by atoms with van der Waals surface area (Å²) in [5, 5.41) is 18.0. The maximum absolute atomic E-state index is 9.06. The van der Waals surface area contributed by atoms with Crippen LogP contribution in [0.2, 0.25) is 0 Å². The van der Waals surface area contributed by atoms with Crippen LogP contribution in [0, 0.1) is 0 Å². The van der Waals surface area contributed by atoms with Crippen molar-refractivity contribution in [2.75, 3.05) is 0 Å². The van der Waals surface area contributed by atoms with E-state index in [0.29, 0.717) is 10.8 Å². The van der Waals surface area contributed by atoms with Crippen LogP contribution < -0.4 is 0 Å². The summed E-state index contributed by atoms with van der Waals surface area (Å²) in [6, 6.07) is 15.2. The zero-order valence-corrected chi connectivity index (χ0v) is 10.8. The van der Waals surface area contributed by atoms with E-state index in [1.54, 1.807) is 6.07 Å². The molecule has 1 N–H and O–H groups in total. The molecule has 1 heterocycles. The number of aliphatic hydroxyl groups is 1. The van der Waals surface area contributed by atoms with Crippen LogP contribution in [-0.4, -0.2) is 10.1 Å². The molecule has 2 aromatic carbocycles. The second kappa shape index (κ2) is 5.26. The summed E-state index contributed by atoms with van der Waals surface area (Å²) in [5.41, 5.74) is 2.47. The van der Waals surface area contributed by atoms with E-state index >= 15 is 0 Å². The fourth-order valence-electron chi connectivity index (χ4n) is 1.72. The lowest BCUT2D eigenvalue weighted by Crippen LogP contribution is -1.79. The molecule has 0 saturated heterocycles. The molecule has 1 aromatic heterocycles. The van der Waals surface area contributed by atoms with Gasteiger partial charge in [-0.15, -0.1) is 10.2 Å². The van der Waals surface area contributed by atoms with Crippen LogP contribution >= 0.6 is 11.3 Å². The summed E-state index contributed by atoms with van der Waals surface area (Å²) < 4.78 is 1.10. The summed E-state index contributed by atoms with van der Waals surface area (Å²) in [5.74, 6) is 0. The Morgan fingerprint density at radius 3 is 2.79 bits per heavy atom. The number of aromatic nitrogens is 1. The molecular weight excluding hydrogens is 258 g/mol. The van der Waals surface area contributed by atoms with Gasteiger partial charge in [-0.3, -0.25) is 0 Å². The van der Waals surface area contributed by atoms with E-state index in [9.17, 15) is 0 Å². The minimum Gasteiger partial charge on any atom is -0.392 e. The molecule has 3 rings (SSSR count). The minimum atomic E-state index is 0.00446. The smallest absolute Gasteiger partial charge is 0.231 e. The van der Waals surface area contributed by atoms with Crippen LogP contribution in [0.1, 0.15) is 5.56 Å². The number of nitrogens with zero attached hydrogens (tertiary/aromatic N) is 3. The average molecular weight is 269 g/mol. The molecule has 4 nitrogen and oxygen atoms in total. The number of hydrogen-bond donors (Lipinski definition) is 1. The highest BCUT2D eigenvalue weighted by atomic mass is 32.1. The summed E-state index contributed by atoms with van der Waals surface area (Å²) >= 11 is 1.51. The number of thiazole rings is 1. The molecule has 3 aromatic rings. The SMILES string of the molecule is OCc1cccc(N=Nc2nc3ccccc3s2)c1. The molecule has 94 valence electrons. The van der Waals surface area contributed by atoms with Gasteiger partial charge in [0.1, 0.15) is 0 Å². The predicted octanol–water partition coefficient (Wildman–Crippen LogP) is 4.20. The number of para-hydroxylation sites is 1. The van der Waals surface area contributed by atoms with Crippen molar-refractivity contribution < 1.29 is 5.11 Å². The van der Waals surface area contributed by atoms with Gasteiger partial charge in [-0.05, 0) is 29.8 Å². The maximum atomic E-state index is 9.06. The Balaban J connectivity index is 1.88. The Labute approximate surface area is 114 Å². The molecule has 0 bridgehead atoms. The Hall–Kier alpha value is -2.11. The second-order valence-corrected chi connectivity index (χ2v) is 5.00. The van der Waals surface area contributed by atoms with E-state index in [2.05, 4.69) is 15.2 Å². The topological polar surface area (TPSA) is 57.8 Å². The van der Waals surface area contributed by atoms with E-state index in [1.807, 2.05) is 42.5 Å². The van der Waals surface area contributed by atoms with Crippen molar-refractivity contribution in [3.63, 3.8) is 0 Å². The van der Waals surface area contributed by atoms with E-state index in [4.69, 9.17) is 5.11 Å². The minimum absolute atomic E-state index is 0.00446. The Bertz CT molecular complexity index is 703. The lowest BCUT2D eigenvalue weighted by Gasteiger charge is -1.95. The molecule has 0 spiro atoms. The first-order chi connectivity index (χ1) is 9.35. The van der Waals surface area contributed by atoms with Gasteiger partial charge in [0.25, 0.3) is 0 Å². The van der Waals surface area contributed by atoms with Crippen LogP contribution in [0.4, 0.5) is 10.8 Å². The van der Waals surface area contributed by atoms with Crippen LogP contribution in [0.3, 0.4) is 0 Å². The number of hydrogen-bond acceptors (Lipinski definition) is 5. The average Bonchev–Trinajstić information content (AvgIpc) is 2.88. The van der Waals surface area contributed by atoms with Gasteiger partial charge in [-0.25, -0.2) is 4.98 Å². The van der Waals surface area contributed by atoms with Gasteiger partial charge < -0.3 is 5.11 Å². The summed E-state index contributed by atoms with van der Waals surface area (Å²) in [6.45, 7) is 0.00446. The predicted molar refractivity (Wildman–Crippen MR) is 76.2 cm³/mol. The van der Waals surface area contributed by atoms with Crippen molar-refractivity contribution in [2.24, 2.45) is 10.2 Å². The van der Waals surface area contributed by atoms with Gasteiger partial charge in [0, 0.05) is 0 Å². The third-order valence-corrected chi connectivity index (χ3v) is 3.55. The maximum Gasteiger partial charge on any atom is 0.231 e. The Morgan fingerprint density at radius 1 is 1.05 bits per heavy atom. The normalized spacial score (nSPS) is 11.4. The lowest BCUT2D eigenvalue weighted by atomic mass is 10.2. The van der Waals surface area contributed by atoms with Crippen LogP contribution in [-0.2, 0) is 6.61 Å². The highest BCUT2D eigenvalue weighted by Gasteiger charge is 2.01. The van der Waals surface area contributed by atoms with Gasteiger partial charge in [0.05, 0.1) is 22.5 Å². The Morgan fingerprint density at radius 2 is 1.95 bits per heavy atom. The van der Waals surface area contributed by atoms with Gasteiger partial charge in [0.15, 0.2) is 0 Å². The Kier molecular flexibility index (Phi) is 3.31. The zero-order valence-electron chi connectivity index (χ0n) is 10.0. The van der Waals surface area contributed by atoms with Gasteiger partial charge in [0.2, 0.25) is 5.13 Å². The number of fused-ring (bicyclic) bond motifs is 1. The first-order valence-corrected chi connectivity index (χ1v) is 6.64. The number of benzene rings is 2. The highest BCUT2D eigenvalue weighted by Crippen LogP contribution is 2.29. The molecule has 0 saturated carbocycles. The largest absolute Gasteiger partial charge is 0.392 e. The zero-order chi connectivity index (χ0) is 13.1. The van der Waals surface area contributed by atoms with Crippen molar-refractivity contribution in [3.8, 4) is 0 Å². The summed E-state index contributed by atoms with van der Waals surface area (Å²) in [4.78, 5) is 4.38. The molecule has 0 unspecified atom stereocenters. The van der Waals surface area contributed by atoms with Crippen molar-refractivity contribution in [3.05, 3.63) is 54.1 Å². The van der Waals surface area contributed by atoms with Gasteiger partial charge >= 0.3 is 0 Å². The van der Waals surface area contributed by atoms with E-state index < -0.39 is 0 Å². The number of azo groups is 1. The van der Waals surface area contributed by atoms with Crippen LogP contribution in [0.25, 0.3) is 10.2 Å². The quantitative estimate of drug-likeness (QED) is 0.724. The third kappa shape index (κ3) is 2.67. The summed E-state index contributed by atoms with van der Waals surface area (Å²) in [6.07, 6.45) is 0. The highest BCUT2D eigenvalue weighted by molar-refractivity contribution is 7.21. The molecule has 0 aliphatic rings. The molecule has 0 radical (unpaired) electrons. The molecule has 0 atom stereocenters. The van der Waals surface area contributed by atoms with Crippen molar-refractivity contribution in [1.29, 1.82) is 0 Å². The molecule has 0 amide bonds. The van der Waals surface area contributed by atoms with Crippen LogP contribution in [0.5, 0.6) is 0 Å². The van der Waals surface area contributed by atoms with Crippen molar-refractivity contribution >= 4 is 32.4 Å². The molecule has 0 aliphatic carbocycles.